The molecule has 6 nitrogen and oxygen atoms in total. The van der Waals surface area contributed by atoms with Gasteiger partial charge in [-0.15, -0.1) is 11.3 Å². The summed E-state index contributed by atoms with van der Waals surface area (Å²) in [6.45, 7) is 9.50. The number of nitrogens with one attached hydrogen (secondary N) is 1. The largest absolute Gasteiger partial charge is 0.379 e. The third kappa shape index (κ3) is 4.39. The highest BCUT2D eigenvalue weighted by Crippen LogP contribution is 2.34. The quantitative estimate of drug-likeness (QED) is 0.816. The summed E-state index contributed by atoms with van der Waals surface area (Å²) in [7, 11) is 0. The molecule has 0 amide bonds. The van der Waals surface area contributed by atoms with E-state index in [0.717, 1.165) is 70.8 Å². The molecule has 26 heavy (non-hydrogen) atoms. The van der Waals surface area contributed by atoms with Gasteiger partial charge in [-0.3, -0.25) is 4.90 Å². The molecule has 1 aromatic rings. The molecule has 146 valence electrons. The fraction of sp³-hybridized carbons (Fsp3) is 0.842. The Morgan fingerprint density at radius 3 is 2.42 bits per heavy atom. The van der Waals surface area contributed by atoms with Gasteiger partial charge in [0.1, 0.15) is 0 Å². The summed E-state index contributed by atoms with van der Waals surface area (Å²) in [4.78, 5) is 11.0. The van der Waals surface area contributed by atoms with E-state index < -0.39 is 0 Å². The van der Waals surface area contributed by atoms with E-state index in [4.69, 9.17) is 9.47 Å². The van der Waals surface area contributed by atoms with Crippen molar-refractivity contribution in [3.8, 4) is 0 Å². The van der Waals surface area contributed by atoms with Crippen LogP contribution in [0, 0.1) is 0 Å². The van der Waals surface area contributed by atoms with E-state index in [1.807, 2.05) is 17.5 Å². The number of anilines is 1. The summed E-state index contributed by atoms with van der Waals surface area (Å²) >= 11 is 1.82. The third-order valence-electron chi connectivity index (χ3n) is 6.04. The number of morpholine rings is 2. The average molecular weight is 381 g/mol. The van der Waals surface area contributed by atoms with Crippen molar-refractivity contribution >= 4 is 16.5 Å². The van der Waals surface area contributed by atoms with Gasteiger partial charge in [-0.1, -0.05) is 19.3 Å². The van der Waals surface area contributed by atoms with Crippen molar-refractivity contribution in [3.63, 3.8) is 0 Å². The minimum absolute atomic E-state index is 0.333. The Hall–Kier alpha value is -0.730. The van der Waals surface area contributed by atoms with Crippen LogP contribution in [0.4, 0.5) is 5.13 Å². The molecule has 3 heterocycles. The number of nitrogens with zero attached hydrogens (tertiary/aromatic N) is 3. The highest BCUT2D eigenvalue weighted by molar-refractivity contribution is 7.15. The van der Waals surface area contributed by atoms with Crippen LogP contribution < -0.4 is 10.2 Å². The molecule has 7 heteroatoms. The fourth-order valence-corrected chi connectivity index (χ4v) is 5.48. The van der Waals surface area contributed by atoms with Crippen LogP contribution in [0.5, 0.6) is 0 Å². The van der Waals surface area contributed by atoms with Crippen LogP contribution >= 0.6 is 11.3 Å². The van der Waals surface area contributed by atoms with Crippen LogP contribution in [0.15, 0.2) is 6.20 Å². The summed E-state index contributed by atoms with van der Waals surface area (Å²) in [5.74, 6) is 0. The van der Waals surface area contributed by atoms with E-state index >= 15 is 0 Å². The van der Waals surface area contributed by atoms with Crippen molar-refractivity contribution in [1.29, 1.82) is 0 Å². The summed E-state index contributed by atoms with van der Waals surface area (Å²) in [5, 5.41) is 4.91. The molecule has 3 fully saturated rings. The number of hydrogen-bond donors (Lipinski definition) is 1. The lowest BCUT2D eigenvalue weighted by molar-refractivity contribution is -0.0369. The van der Waals surface area contributed by atoms with Crippen molar-refractivity contribution in [1.82, 2.24) is 15.2 Å². The van der Waals surface area contributed by atoms with E-state index in [2.05, 4.69) is 20.1 Å². The molecule has 2 saturated heterocycles. The SMILES string of the molecule is c1nc(N2CCOCC2)sc1CNCC1(N2CCOCC2)CCCCC1. The summed E-state index contributed by atoms with van der Waals surface area (Å²) in [6.07, 6.45) is 8.81. The molecule has 0 spiro atoms. The number of ether oxygens (including phenoxy) is 2. The van der Waals surface area contributed by atoms with E-state index in [0.29, 0.717) is 5.54 Å². The van der Waals surface area contributed by atoms with E-state index in [1.54, 1.807) is 0 Å². The maximum Gasteiger partial charge on any atom is 0.185 e. The van der Waals surface area contributed by atoms with E-state index in [1.165, 1.54) is 37.0 Å². The second-order valence-electron chi connectivity index (χ2n) is 7.70. The first-order valence-electron chi connectivity index (χ1n) is 10.2. The standard InChI is InChI=1S/C19H32N4O2S/c1-2-4-19(5-3-1,23-8-12-25-13-9-23)16-20-14-17-15-21-18(26-17)22-6-10-24-11-7-22/h15,20H,1-14,16H2. The first-order valence-corrected chi connectivity index (χ1v) is 11.0. The van der Waals surface area contributed by atoms with Crippen LogP contribution in [0.3, 0.4) is 0 Å². The summed E-state index contributed by atoms with van der Waals surface area (Å²) in [5.41, 5.74) is 0.333. The maximum atomic E-state index is 5.59. The van der Waals surface area contributed by atoms with Gasteiger partial charge in [0.25, 0.3) is 0 Å². The van der Waals surface area contributed by atoms with Crippen molar-refractivity contribution in [2.75, 3.05) is 64.1 Å². The van der Waals surface area contributed by atoms with Gasteiger partial charge < -0.3 is 19.7 Å². The monoisotopic (exact) mass is 380 g/mol. The molecule has 0 unspecified atom stereocenters. The summed E-state index contributed by atoms with van der Waals surface area (Å²) in [6, 6.07) is 0. The molecular formula is C19H32N4O2S. The molecule has 3 aliphatic rings. The molecule has 4 rings (SSSR count). The predicted molar refractivity (Wildman–Crippen MR) is 105 cm³/mol. The Morgan fingerprint density at radius 1 is 1.00 bits per heavy atom. The molecule has 1 N–H and O–H groups in total. The van der Waals surface area contributed by atoms with Crippen molar-refractivity contribution in [2.24, 2.45) is 0 Å². The molecule has 0 radical (unpaired) electrons. The first-order chi connectivity index (χ1) is 12.9. The zero-order valence-electron chi connectivity index (χ0n) is 15.8. The zero-order valence-corrected chi connectivity index (χ0v) is 16.6. The van der Waals surface area contributed by atoms with Gasteiger partial charge in [-0.2, -0.15) is 0 Å². The van der Waals surface area contributed by atoms with E-state index in [-0.39, 0.29) is 0 Å². The lowest BCUT2D eigenvalue weighted by atomic mass is 9.79. The maximum absolute atomic E-state index is 5.59. The van der Waals surface area contributed by atoms with E-state index in [9.17, 15) is 0 Å². The van der Waals surface area contributed by atoms with Crippen molar-refractivity contribution in [3.05, 3.63) is 11.1 Å². The predicted octanol–water partition coefficient (Wildman–Crippen LogP) is 2.10. The molecule has 0 atom stereocenters. The smallest absolute Gasteiger partial charge is 0.185 e. The second-order valence-corrected chi connectivity index (χ2v) is 8.79. The van der Waals surface area contributed by atoms with Crippen LogP contribution in [0.1, 0.15) is 37.0 Å². The topological polar surface area (TPSA) is 49.9 Å². The van der Waals surface area contributed by atoms with Gasteiger partial charge in [0.2, 0.25) is 0 Å². The van der Waals surface area contributed by atoms with Crippen LogP contribution in [0.25, 0.3) is 0 Å². The second kappa shape index (κ2) is 8.97. The van der Waals surface area contributed by atoms with Gasteiger partial charge in [-0.05, 0) is 12.8 Å². The molecule has 1 saturated carbocycles. The molecule has 1 aromatic heterocycles. The number of rotatable bonds is 6. The first kappa shape index (κ1) is 18.6. The average Bonchev–Trinajstić information content (AvgIpc) is 3.19. The van der Waals surface area contributed by atoms with Crippen LogP contribution in [-0.2, 0) is 16.0 Å². The van der Waals surface area contributed by atoms with Gasteiger partial charge in [0.15, 0.2) is 5.13 Å². The molecular weight excluding hydrogens is 348 g/mol. The number of hydrogen-bond acceptors (Lipinski definition) is 7. The Labute approximate surface area is 160 Å². The minimum Gasteiger partial charge on any atom is -0.379 e. The van der Waals surface area contributed by atoms with Gasteiger partial charge in [0.05, 0.1) is 26.4 Å². The Balaban J connectivity index is 1.32. The van der Waals surface area contributed by atoms with Crippen molar-refractivity contribution in [2.45, 2.75) is 44.2 Å². The molecule has 2 aliphatic heterocycles. The Kier molecular flexibility index (Phi) is 6.43. The lowest BCUT2D eigenvalue weighted by Crippen LogP contribution is -2.59. The zero-order chi connectivity index (χ0) is 17.7. The summed E-state index contributed by atoms with van der Waals surface area (Å²) < 4.78 is 11.0. The highest BCUT2D eigenvalue weighted by atomic mass is 32.1. The Bertz CT molecular complexity index is 549. The lowest BCUT2D eigenvalue weighted by Gasteiger charge is -2.48. The van der Waals surface area contributed by atoms with Gasteiger partial charge in [0, 0.05) is 55.9 Å². The number of aromatic nitrogens is 1. The van der Waals surface area contributed by atoms with Crippen LogP contribution in [0.2, 0.25) is 0 Å². The highest BCUT2D eigenvalue weighted by Gasteiger charge is 2.38. The minimum atomic E-state index is 0.333. The van der Waals surface area contributed by atoms with Crippen LogP contribution in [-0.4, -0.2) is 74.6 Å². The molecule has 0 aromatic carbocycles. The van der Waals surface area contributed by atoms with Gasteiger partial charge >= 0.3 is 0 Å². The molecule has 0 bridgehead atoms. The fourth-order valence-electron chi connectivity index (χ4n) is 4.55. The number of thiazole rings is 1. The molecule has 1 aliphatic carbocycles. The third-order valence-corrected chi connectivity index (χ3v) is 7.10. The van der Waals surface area contributed by atoms with Crippen molar-refractivity contribution < 1.29 is 9.47 Å². The Morgan fingerprint density at radius 2 is 1.69 bits per heavy atom. The van der Waals surface area contributed by atoms with Gasteiger partial charge in [-0.25, -0.2) is 4.98 Å². The normalized spacial score (nSPS) is 24.7.